The number of hydrogen-bond donors (Lipinski definition) is 1. The van der Waals surface area contributed by atoms with Gasteiger partial charge in [-0.15, -0.1) is 11.3 Å². The van der Waals surface area contributed by atoms with Crippen LogP contribution in [0, 0.1) is 0 Å². The van der Waals surface area contributed by atoms with Crippen molar-refractivity contribution >= 4 is 37.4 Å². The van der Waals surface area contributed by atoms with E-state index >= 15 is 0 Å². The van der Waals surface area contributed by atoms with Crippen LogP contribution < -0.4 is 4.90 Å². The van der Waals surface area contributed by atoms with Gasteiger partial charge in [-0.1, -0.05) is 76.6 Å². The van der Waals surface area contributed by atoms with Crippen LogP contribution in [0.5, 0.6) is 0 Å². The van der Waals surface area contributed by atoms with Gasteiger partial charge in [-0.25, -0.2) is 0 Å². The number of benzene rings is 3. The van der Waals surface area contributed by atoms with Crippen molar-refractivity contribution in [3.63, 3.8) is 0 Å². The number of nitrogens with one attached hydrogen (secondary N) is 1. The van der Waals surface area contributed by atoms with Crippen LogP contribution in [-0.2, 0) is 19.6 Å². The van der Waals surface area contributed by atoms with Crippen LogP contribution in [0.15, 0.2) is 88.7 Å². The van der Waals surface area contributed by atoms with Crippen LogP contribution in [0.25, 0.3) is 10.1 Å². The lowest BCUT2D eigenvalue weighted by atomic mass is 10.1. The molecule has 0 aliphatic carbocycles. The summed E-state index contributed by atoms with van der Waals surface area (Å²) in [5.74, 6) is 0. The van der Waals surface area contributed by atoms with Gasteiger partial charge in [-0.05, 0) is 18.2 Å². The Balaban J connectivity index is 1.62. The maximum atomic E-state index is 3.62. The number of fused-ring (bicyclic) bond motifs is 1. The molecule has 0 aliphatic heterocycles. The molecule has 26 heavy (non-hydrogen) atoms. The Morgan fingerprint density at radius 2 is 1.35 bits per heavy atom. The summed E-state index contributed by atoms with van der Waals surface area (Å²) in [7, 11) is 0. The summed E-state index contributed by atoms with van der Waals surface area (Å²) in [6.07, 6.45) is 0. The highest BCUT2D eigenvalue weighted by Crippen LogP contribution is 2.28. The zero-order valence-corrected chi connectivity index (χ0v) is 16.9. The molecule has 3 heteroatoms. The second-order valence-corrected chi connectivity index (χ2v) is 8.48. The highest BCUT2D eigenvalue weighted by atomic mass is 79.9. The Bertz CT molecular complexity index is 937. The molecule has 0 aliphatic rings. The molecule has 0 spiro atoms. The van der Waals surface area contributed by atoms with Gasteiger partial charge in [0.25, 0.3) is 0 Å². The highest BCUT2D eigenvalue weighted by molar-refractivity contribution is 9.10. The zero-order chi connectivity index (χ0) is 17.8. The molecule has 1 N–H and O–H groups in total. The van der Waals surface area contributed by atoms with Crippen LogP contribution in [0.4, 0.5) is 0 Å². The fraction of sp³-hybridized carbons (Fsp3) is 0.130. The molecule has 3 aromatic carbocycles. The summed E-state index contributed by atoms with van der Waals surface area (Å²) >= 11 is 5.47. The third kappa shape index (κ3) is 4.24. The Morgan fingerprint density at radius 3 is 1.96 bits per heavy atom. The Labute approximate surface area is 167 Å². The molecule has 0 bridgehead atoms. The minimum absolute atomic E-state index is 1.03. The summed E-state index contributed by atoms with van der Waals surface area (Å²) < 4.78 is 2.51. The average Bonchev–Trinajstić information content (AvgIpc) is 3.05. The van der Waals surface area contributed by atoms with Crippen molar-refractivity contribution in [1.29, 1.82) is 0 Å². The topological polar surface area (TPSA) is 4.44 Å². The van der Waals surface area contributed by atoms with Gasteiger partial charge in [0.15, 0.2) is 0 Å². The first-order valence-electron chi connectivity index (χ1n) is 8.85. The molecule has 1 aromatic heterocycles. The van der Waals surface area contributed by atoms with E-state index in [1.165, 1.54) is 26.8 Å². The first-order chi connectivity index (χ1) is 12.8. The van der Waals surface area contributed by atoms with Crippen molar-refractivity contribution in [3.8, 4) is 0 Å². The fourth-order valence-corrected chi connectivity index (χ4v) is 4.72. The van der Waals surface area contributed by atoms with E-state index < -0.39 is 0 Å². The Morgan fingerprint density at radius 1 is 0.731 bits per heavy atom. The summed E-state index contributed by atoms with van der Waals surface area (Å²) in [5.41, 5.74) is 4.21. The summed E-state index contributed by atoms with van der Waals surface area (Å²) in [5, 5.41) is 3.70. The Hall–Kier alpha value is -1.94. The van der Waals surface area contributed by atoms with Gasteiger partial charge in [0.2, 0.25) is 0 Å². The minimum atomic E-state index is 1.03. The van der Waals surface area contributed by atoms with E-state index in [0.29, 0.717) is 0 Å². The molecular weight excluding hydrogens is 402 g/mol. The average molecular weight is 423 g/mol. The largest absolute Gasteiger partial charge is 0.324 e. The van der Waals surface area contributed by atoms with Gasteiger partial charge in [-0.2, -0.15) is 0 Å². The fourth-order valence-electron chi connectivity index (χ4n) is 3.42. The van der Waals surface area contributed by atoms with Gasteiger partial charge >= 0.3 is 0 Å². The van der Waals surface area contributed by atoms with Crippen molar-refractivity contribution < 1.29 is 4.90 Å². The maximum Gasteiger partial charge on any atom is 0.105 e. The van der Waals surface area contributed by atoms with Crippen molar-refractivity contribution in [2.75, 3.05) is 0 Å². The predicted octanol–water partition coefficient (Wildman–Crippen LogP) is 5.45. The second-order valence-electron chi connectivity index (χ2n) is 6.65. The number of thiophene rings is 1. The normalized spacial score (nSPS) is 11.3. The molecular formula is C23H21BrNS+. The zero-order valence-electron chi connectivity index (χ0n) is 14.5. The molecule has 130 valence electrons. The molecule has 0 amide bonds. The SMILES string of the molecule is Brc1ccc2scc(C[NH+](Cc3ccccc3)Cc3ccccc3)c2c1. The Kier molecular flexibility index (Phi) is 5.49. The molecule has 0 fully saturated rings. The number of halogens is 1. The van der Waals surface area contributed by atoms with E-state index in [1.54, 1.807) is 4.90 Å². The van der Waals surface area contributed by atoms with Crippen LogP contribution in [0.1, 0.15) is 16.7 Å². The van der Waals surface area contributed by atoms with Gasteiger partial charge in [0.05, 0.1) is 0 Å². The summed E-state index contributed by atoms with van der Waals surface area (Å²) in [6, 6.07) is 28.2. The first-order valence-corrected chi connectivity index (χ1v) is 10.5. The van der Waals surface area contributed by atoms with Crippen molar-refractivity contribution in [1.82, 2.24) is 0 Å². The third-order valence-corrected chi connectivity index (χ3v) is 6.16. The summed E-state index contributed by atoms with van der Waals surface area (Å²) in [6.45, 7) is 3.09. The minimum Gasteiger partial charge on any atom is -0.324 e. The van der Waals surface area contributed by atoms with E-state index in [4.69, 9.17) is 0 Å². The van der Waals surface area contributed by atoms with Crippen LogP contribution >= 0.6 is 27.3 Å². The molecule has 1 heterocycles. The standard InChI is InChI=1S/C23H20BrNS/c24-21-11-12-23-22(13-21)20(17-26-23)16-25(14-18-7-3-1-4-8-18)15-19-9-5-2-6-10-19/h1-13,17H,14-16H2/p+1. The third-order valence-electron chi connectivity index (χ3n) is 4.65. The second kappa shape index (κ2) is 8.17. The molecule has 4 aromatic rings. The van der Waals surface area contributed by atoms with E-state index in [0.717, 1.165) is 24.1 Å². The smallest absolute Gasteiger partial charge is 0.105 e. The maximum absolute atomic E-state index is 3.62. The van der Waals surface area contributed by atoms with Crippen molar-refractivity contribution in [2.24, 2.45) is 0 Å². The van der Waals surface area contributed by atoms with Crippen LogP contribution in [0.3, 0.4) is 0 Å². The molecule has 4 rings (SSSR count). The van der Waals surface area contributed by atoms with Gasteiger partial charge in [0.1, 0.15) is 19.6 Å². The first kappa shape index (κ1) is 17.5. The monoisotopic (exact) mass is 422 g/mol. The predicted molar refractivity (Wildman–Crippen MR) is 114 cm³/mol. The van der Waals surface area contributed by atoms with E-state index in [-0.39, 0.29) is 0 Å². The van der Waals surface area contributed by atoms with Crippen molar-refractivity contribution in [2.45, 2.75) is 19.6 Å². The molecule has 1 nitrogen and oxygen atoms in total. The van der Waals surface area contributed by atoms with Crippen LogP contribution in [-0.4, -0.2) is 0 Å². The van der Waals surface area contributed by atoms with Gasteiger partial charge in [-0.3, -0.25) is 0 Å². The van der Waals surface area contributed by atoms with Gasteiger partial charge in [0, 0.05) is 36.6 Å². The molecule has 0 saturated carbocycles. The van der Waals surface area contributed by atoms with Crippen molar-refractivity contribution in [3.05, 3.63) is 105 Å². The summed E-state index contributed by atoms with van der Waals surface area (Å²) in [4.78, 5) is 1.56. The number of rotatable bonds is 6. The van der Waals surface area contributed by atoms with E-state index in [1.807, 2.05) is 11.3 Å². The van der Waals surface area contributed by atoms with Gasteiger partial charge < -0.3 is 4.90 Å². The highest BCUT2D eigenvalue weighted by Gasteiger charge is 2.15. The number of hydrogen-bond acceptors (Lipinski definition) is 1. The molecule has 0 unspecified atom stereocenters. The van der Waals surface area contributed by atoms with E-state index in [2.05, 4.69) is 100 Å². The molecule has 0 radical (unpaired) electrons. The lowest BCUT2D eigenvalue weighted by molar-refractivity contribution is -0.941. The van der Waals surface area contributed by atoms with Crippen LogP contribution in [0.2, 0.25) is 0 Å². The lowest BCUT2D eigenvalue weighted by Gasteiger charge is -2.20. The molecule has 0 atom stereocenters. The quantitative estimate of drug-likeness (QED) is 0.421. The van der Waals surface area contributed by atoms with E-state index in [9.17, 15) is 0 Å². The lowest BCUT2D eigenvalue weighted by Crippen LogP contribution is -3.08. The number of quaternary nitrogens is 1. The molecule has 0 saturated heterocycles.